The maximum absolute atomic E-state index is 14.0. The van der Waals surface area contributed by atoms with Crippen molar-refractivity contribution in [1.82, 2.24) is 5.32 Å². The molecule has 1 aromatic rings. The van der Waals surface area contributed by atoms with E-state index in [9.17, 15) is 8.78 Å². The van der Waals surface area contributed by atoms with Crippen molar-refractivity contribution in [3.05, 3.63) is 28.8 Å². The van der Waals surface area contributed by atoms with Crippen molar-refractivity contribution in [3.63, 3.8) is 0 Å². The van der Waals surface area contributed by atoms with E-state index in [1.54, 1.807) is 0 Å². The zero-order chi connectivity index (χ0) is 14.2. The molecule has 2 nitrogen and oxygen atoms in total. The van der Waals surface area contributed by atoms with Crippen molar-refractivity contribution in [1.29, 1.82) is 0 Å². The third-order valence-electron chi connectivity index (χ3n) is 3.92. The largest absolute Gasteiger partial charge is 0.362 e. The van der Waals surface area contributed by atoms with Gasteiger partial charge in [-0.3, -0.25) is 0 Å². The molecule has 5 heteroatoms. The highest BCUT2D eigenvalue weighted by atomic mass is 35.5. The van der Waals surface area contributed by atoms with Gasteiger partial charge in [0.15, 0.2) is 5.82 Å². The third kappa shape index (κ3) is 2.84. The Morgan fingerprint density at radius 1 is 1.47 bits per heavy atom. The molecule has 0 spiro atoms. The number of piperazine rings is 1. The van der Waals surface area contributed by atoms with E-state index in [0.717, 1.165) is 25.1 Å². The fourth-order valence-corrected chi connectivity index (χ4v) is 2.74. The van der Waals surface area contributed by atoms with Crippen LogP contribution in [0.3, 0.4) is 0 Å². The molecule has 2 atom stereocenters. The molecule has 0 saturated carbocycles. The number of halogens is 3. The number of anilines is 1. The Hall–Kier alpha value is -0.870. The van der Waals surface area contributed by atoms with Crippen molar-refractivity contribution in [2.75, 3.05) is 18.0 Å². The molecular formula is C14H19ClF2N2. The molecule has 1 aliphatic rings. The van der Waals surface area contributed by atoms with Gasteiger partial charge in [-0.05, 0) is 26.3 Å². The molecule has 1 heterocycles. The number of hydrogen-bond donors (Lipinski definition) is 1. The van der Waals surface area contributed by atoms with Crippen molar-refractivity contribution in [3.8, 4) is 0 Å². The standard InChI is InChI=1S/C14H19ClF2N2/c1-4-14(3)8-19(9(2)7-18-14)13-11(15)5-10(16)6-12(13)17/h5-6,9,18H,4,7-8H2,1-3H3. The normalized spacial score (nSPS) is 27.7. The summed E-state index contributed by atoms with van der Waals surface area (Å²) < 4.78 is 27.2. The molecule has 2 rings (SSSR count). The number of nitrogens with zero attached hydrogens (tertiary/aromatic N) is 1. The van der Waals surface area contributed by atoms with Gasteiger partial charge in [-0.2, -0.15) is 0 Å². The minimum atomic E-state index is -0.646. The Kier molecular flexibility index (Phi) is 4.02. The van der Waals surface area contributed by atoms with E-state index in [0.29, 0.717) is 12.2 Å². The molecule has 0 aliphatic carbocycles. The van der Waals surface area contributed by atoms with E-state index in [2.05, 4.69) is 19.2 Å². The van der Waals surface area contributed by atoms with Gasteiger partial charge >= 0.3 is 0 Å². The second-order valence-corrected chi connectivity index (χ2v) is 5.90. The van der Waals surface area contributed by atoms with Gasteiger partial charge in [-0.25, -0.2) is 8.78 Å². The molecule has 0 radical (unpaired) electrons. The van der Waals surface area contributed by atoms with Crippen molar-refractivity contribution in [2.45, 2.75) is 38.8 Å². The lowest BCUT2D eigenvalue weighted by Crippen LogP contribution is -2.62. The summed E-state index contributed by atoms with van der Waals surface area (Å²) in [6.45, 7) is 7.58. The minimum absolute atomic E-state index is 0.0866. The van der Waals surface area contributed by atoms with E-state index in [-0.39, 0.29) is 16.6 Å². The lowest BCUT2D eigenvalue weighted by molar-refractivity contribution is 0.284. The summed E-state index contributed by atoms with van der Waals surface area (Å²) in [7, 11) is 0. The van der Waals surface area contributed by atoms with Crippen LogP contribution >= 0.6 is 11.6 Å². The summed E-state index contributed by atoms with van der Waals surface area (Å²) in [6, 6.07) is 2.16. The van der Waals surface area contributed by atoms with Crippen LogP contribution < -0.4 is 10.2 Å². The monoisotopic (exact) mass is 288 g/mol. The van der Waals surface area contributed by atoms with Crippen LogP contribution in [-0.2, 0) is 0 Å². The van der Waals surface area contributed by atoms with Crippen LogP contribution in [0.1, 0.15) is 27.2 Å². The summed E-state index contributed by atoms with van der Waals surface area (Å²) in [5.41, 5.74) is 0.216. The maximum atomic E-state index is 14.0. The predicted octanol–water partition coefficient (Wildman–Crippen LogP) is 3.59. The van der Waals surface area contributed by atoms with Gasteiger partial charge in [0.1, 0.15) is 5.82 Å². The van der Waals surface area contributed by atoms with Gasteiger partial charge < -0.3 is 10.2 Å². The van der Waals surface area contributed by atoms with Crippen LogP contribution in [0, 0.1) is 11.6 Å². The lowest BCUT2D eigenvalue weighted by Gasteiger charge is -2.46. The average Bonchev–Trinajstić information content (AvgIpc) is 2.32. The number of rotatable bonds is 2. The predicted molar refractivity (Wildman–Crippen MR) is 74.9 cm³/mol. The van der Waals surface area contributed by atoms with Gasteiger partial charge in [0, 0.05) is 30.7 Å². The lowest BCUT2D eigenvalue weighted by atomic mass is 9.93. The first-order chi connectivity index (χ1) is 8.86. The molecule has 1 fully saturated rings. The first-order valence-corrected chi connectivity index (χ1v) is 6.90. The van der Waals surface area contributed by atoms with Gasteiger partial charge in [-0.15, -0.1) is 0 Å². The third-order valence-corrected chi connectivity index (χ3v) is 4.21. The smallest absolute Gasteiger partial charge is 0.150 e. The fourth-order valence-electron chi connectivity index (χ4n) is 2.44. The Bertz CT molecular complexity index is 458. The zero-order valence-electron chi connectivity index (χ0n) is 11.4. The molecule has 106 valence electrons. The van der Waals surface area contributed by atoms with E-state index < -0.39 is 11.6 Å². The molecule has 1 saturated heterocycles. The summed E-state index contributed by atoms with van der Waals surface area (Å²) in [6.07, 6.45) is 0.927. The van der Waals surface area contributed by atoms with Gasteiger partial charge in [-0.1, -0.05) is 18.5 Å². The highest BCUT2D eigenvalue weighted by Gasteiger charge is 2.34. The Balaban J connectivity index is 2.39. The van der Waals surface area contributed by atoms with Crippen LogP contribution in [-0.4, -0.2) is 24.7 Å². The summed E-state index contributed by atoms with van der Waals surface area (Å²) in [5.74, 6) is -1.25. The van der Waals surface area contributed by atoms with Crippen molar-refractivity contribution < 1.29 is 8.78 Å². The van der Waals surface area contributed by atoms with Gasteiger partial charge in [0.25, 0.3) is 0 Å². The highest BCUT2D eigenvalue weighted by Crippen LogP contribution is 2.34. The van der Waals surface area contributed by atoms with E-state index in [1.165, 1.54) is 0 Å². The Morgan fingerprint density at radius 2 is 2.16 bits per heavy atom. The molecule has 0 aromatic heterocycles. The first-order valence-electron chi connectivity index (χ1n) is 6.52. The average molecular weight is 289 g/mol. The second-order valence-electron chi connectivity index (χ2n) is 5.49. The van der Waals surface area contributed by atoms with Gasteiger partial charge in [0.05, 0.1) is 10.7 Å². The van der Waals surface area contributed by atoms with Crippen LogP contribution in [0.25, 0.3) is 0 Å². The zero-order valence-corrected chi connectivity index (χ0v) is 12.2. The first kappa shape index (κ1) is 14.5. The van der Waals surface area contributed by atoms with Crippen LogP contribution in [0.15, 0.2) is 12.1 Å². The summed E-state index contributed by atoms with van der Waals surface area (Å²) in [4.78, 5) is 1.93. The van der Waals surface area contributed by atoms with E-state index >= 15 is 0 Å². The van der Waals surface area contributed by atoms with Crippen LogP contribution in [0.4, 0.5) is 14.5 Å². The Labute approximate surface area is 117 Å². The number of benzene rings is 1. The SMILES string of the molecule is CCC1(C)CN(c2c(F)cc(F)cc2Cl)C(C)CN1. The Morgan fingerprint density at radius 3 is 2.74 bits per heavy atom. The fraction of sp³-hybridized carbons (Fsp3) is 0.571. The highest BCUT2D eigenvalue weighted by molar-refractivity contribution is 6.33. The molecular weight excluding hydrogens is 270 g/mol. The quantitative estimate of drug-likeness (QED) is 0.895. The molecule has 2 unspecified atom stereocenters. The van der Waals surface area contributed by atoms with Crippen LogP contribution in [0.5, 0.6) is 0 Å². The van der Waals surface area contributed by atoms with Crippen LogP contribution in [0.2, 0.25) is 5.02 Å². The molecule has 1 aromatic carbocycles. The molecule has 0 bridgehead atoms. The van der Waals surface area contributed by atoms with Crippen molar-refractivity contribution >= 4 is 17.3 Å². The second kappa shape index (κ2) is 5.25. The maximum Gasteiger partial charge on any atom is 0.150 e. The topological polar surface area (TPSA) is 15.3 Å². The molecule has 0 amide bonds. The van der Waals surface area contributed by atoms with Gasteiger partial charge in [0.2, 0.25) is 0 Å². The number of hydrogen-bond acceptors (Lipinski definition) is 2. The molecule has 19 heavy (non-hydrogen) atoms. The van der Waals surface area contributed by atoms with Crippen molar-refractivity contribution in [2.24, 2.45) is 0 Å². The summed E-state index contributed by atoms with van der Waals surface area (Å²) in [5, 5.41) is 3.59. The molecule has 1 aliphatic heterocycles. The minimum Gasteiger partial charge on any atom is -0.362 e. The molecule has 1 N–H and O–H groups in total. The van der Waals surface area contributed by atoms with E-state index in [1.807, 2.05) is 11.8 Å². The number of nitrogens with one attached hydrogen (secondary N) is 1. The van der Waals surface area contributed by atoms with E-state index in [4.69, 9.17) is 11.6 Å². The summed E-state index contributed by atoms with van der Waals surface area (Å²) >= 11 is 6.03.